The van der Waals surface area contributed by atoms with E-state index < -0.39 is 0 Å². The second-order valence-corrected chi connectivity index (χ2v) is 2.24. The molecule has 8 heteroatoms. The first-order valence-corrected chi connectivity index (χ1v) is 3.43. The fourth-order valence-corrected chi connectivity index (χ4v) is 0.811. The second-order valence-electron chi connectivity index (χ2n) is 2.24. The monoisotopic (exact) mass is 198 g/mol. The molecule has 0 spiro atoms. The lowest BCUT2D eigenvalue weighted by molar-refractivity contribution is -0.477. The Kier molecular flexibility index (Phi) is 2.79. The zero-order valence-corrected chi connectivity index (χ0v) is 6.81. The molecule has 1 aromatic rings. The van der Waals surface area contributed by atoms with Gasteiger partial charge in [0.2, 0.25) is 21.9 Å². The third-order valence-corrected chi connectivity index (χ3v) is 1.45. The van der Waals surface area contributed by atoms with Crippen molar-refractivity contribution < 1.29 is 20.1 Å². The van der Waals surface area contributed by atoms with Crippen molar-refractivity contribution in [3.63, 3.8) is 0 Å². The van der Waals surface area contributed by atoms with Crippen LogP contribution in [-0.2, 0) is 0 Å². The van der Waals surface area contributed by atoms with Gasteiger partial charge >= 0.3 is 0 Å². The zero-order chi connectivity index (χ0) is 10.6. The van der Waals surface area contributed by atoms with Gasteiger partial charge in [0, 0.05) is 24.3 Å². The molecular formula is C6H6N4O4. The Morgan fingerprint density at radius 1 is 0.857 bits per heavy atom. The number of hydrogen-bond donors (Lipinski definition) is 2. The maximum Gasteiger partial charge on any atom is 0.248 e. The molecule has 0 saturated carbocycles. The fraction of sp³-hybridized carbons (Fsp3) is 0. The molecule has 74 valence electrons. The maximum atomic E-state index is 10.7. The van der Waals surface area contributed by atoms with Gasteiger partial charge in [0.05, 0.1) is 0 Å². The molecule has 0 heterocycles. The minimum atomic E-state index is -0.0327. The number of benzene rings is 1. The molecule has 0 aliphatic carbocycles. The molecule has 0 bridgehead atoms. The number of nitrogens with zero attached hydrogens (tertiary/aromatic N) is 4. The lowest BCUT2D eigenvalue weighted by Gasteiger charge is -1.97. The quantitative estimate of drug-likeness (QED) is 0.426. The van der Waals surface area contributed by atoms with Crippen molar-refractivity contribution in [1.82, 2.24) is 0 Å². The summed E-state index contributed by atoms with van der Waals surface area (Å²) < 4.78 is 0. The Balaban J connectivity index is 3.01. The van der Waals surface area contributed by atoms with E-state index in [1.165, 1.54) is 24.3 Å². The van der Waals surface area contributed by atoms with Gasteiger partial charge in [-0.1, -0.05) is 0 Å². The molecule has 8 nitrogen and oxygen atoms in total. The average molecular weight is 198 g/mol. The smallest absolute Gasteiger partial charge is 0.248 e. The maximum absolute atomic E-state index is 10.7. The highest BCUT2D eigenvalue weighted by Gasteiger charge is 2.07. The predicted octanol–water partition coefficient (Wildman–Crippen LogP) is 1.65. The van der Waals surface area contributed by atoms with Crippen molar-refractivity contribution in [3.05, 3.63) is 34.7 Å². The van der Waals surface area contributed by atoms with Gasteiger partial charge in [0.15, 0.2) is 0 Å². The van der Waals surface area contributed by atoms with E-state index in [9.17, 15) is 10.4 Å². The average Bonchev–Trinajstić information content (AvgIpc) is 2.27. The summed E-state index contributed by atoms with van der Waals surface area (Å²) in [5.41, 5.74) is 0.0881. The minimum absolute atomic E-state index is 0.0327. The lowest BCUT2D eigenvalue weighted by Crippen LogP contribution is -1.93. The molecule has 2 N–H and O–H groups in total. The van der Waals surface area contributed by atoms with Gasteiger partial charge < -0.3 is 20.8 Å². The number of rotatable bonds is 2. The molecule has 0 unspecified atom stereocenters. The molecule has 0 aromatic heterocycles. The molecule has 0 amide bonds. The van der Waals surface area contributed by atoms with Gasteiger partial charge in [0.1, 0.15) is 0 Å². The third kappa shape index (κ3) is 1.86. The van der Waals surface area contributed by atoms with Crippen molar-refractivity contribution in [2.24, 2.45) is 10.6 Å². The summed E-state index contributed by atoms with van der Waals surface area (Å²) in [6, 6.07) is 4.94. The Bertz CT molecular complexity index is 335. The van der Waals surface area contributed by atoms with Crippen LogP contribution in [0.1, 0.15) is 0 Å². The summed E-state index contributed by atoms with van der Waals surface area (Å²) in [6.45, 7) is 0. The third-order valence-electron chi connectivity index (χ3n) is 1.45. The minimum Gasteiger partial charge on any atom is -0.592 e. The van der Waals surface area contributed by atoms with Crippen LogP contribution in [0.3, 0.4) is 0 Å². The van der Waals surface area contributed by atoms with Crippen molar-refractivity contribution in [3.8, 4) is 0 Å². The van der Waals surface area contributed by atoms with E-state index in [4.69, 9.17) is 10.4 Å². The topological polar surface area (TPSA) is 117 Å². The highest BCUT2D eigenvalue weighted by molar-refractivity contribution is 5.39. The van der Waals surface area contributed by atoms with E-state index in [-0.39, 0.29) is 21.1 Å². The SMILES string of the molecule is [O-][N+](=NO)c1ccc([N+]([O-])=NO)cc1. The molecule has 0 radical (unpaired) electrons. The predicted molar refractivity (Wildman–Crippen MR) is 41.4 cm³/mol. The summed E-state index contributed by atoms with van der Waals surface area (Å²) in [6.07, 6.45) is 0. The van der Waals surface area contributed by atoms with Crippen LogP contribution in [0.4, 0.5) is 11.4 Å². The summed E-state index contributed by atoms with van der Waals surface area (Å²) in [7, 11) is 0. The van der Waals surface area contributed by atoms with Crippen LogP contribution in [-0.4, -0.2) is 20.1 Å². The van der Waals surface area contributed by atoms with Crippen LogP contribution in [0.2, 0.25) is 0 Å². The van der Waals surface area contributed by atoms with E-state index in [1.807, 2.05) is 0 Å². The first-order valence-electron chi connectivity index (χ1n) is 3.43. The second kappa shape index (κ2) is 4.03. The normalized spacial score (nSPS) is 12.9. The summed E-state index contributed by atoms with van der Waals surface area (Å²) in [4.78, 5) is -0.0655. The first kappa shape index (κ1) is 9.71. The molecule has 1 aromatic carbocycles. The van der Waals surface area contributed by atoms with Crippen LogP contribution in [0, 0.1) is 10.4 Å². The summed E-state index contributed by atoms with van der Waals surface area (Å²) in [5.74, 6) is 0. The van der Waals surface area contributed by atoms with Gasteiger partial charge in [-0.2, -0.15) is 0 Å². The Hall–Kier alpha value is -2.38. The van der Waals surface area contributed by atoms with Gasteiger partial charge in [-0.25, -0.2) is 0 Å². The molecule has 0 saturated heterocycles. The van der Waals surface area contributed by atoms with Crippen LogP contribution >= 0.6 is 0 Å². The van der Waals surface area contributed by atoms with Crippen LogP contribution in [0.15, 0.2) is 34.8 Å². The van der Waals surface area contributed by atoms with Crippen molar-refractivity contribution in [2.45, 2.75) is 0 Å². The van der Waals surface area contributed by atoms with E-state index in [2.05, 4.69) is 10.6 Å². The van der Waals surface area contributed by atoms with Crippen LogP contribution in [0.25, 0.3) is 0 Å². The van der Waals surface area contributed by atoms with Crippen LogP contribution in [0.5, 0.6) is 0 Å². The zero-order valence-electron chi connectivity index (χ0n) is 6.81. The van der Waals surface area contributed by atoms with E-state index in [1.54, 1.807) is 0 Å². The van der Waals surface area contributed by atoms with Crippen LogP contribution < -0.4 is 0 Å². The van der Waals surface area contributed by atoms with Gasteiger partial charge in [0.25, 0.3) is 0 Å². The molecule has 0 aliphatic heterocycles. The van der Waals surface area contributed by atoms with Gasteiger partial charge in [-0.05, 0) is 9.72 Å². The van der Waals surface area contributed by atoms with Gasteiger partial charge in [-0.15, -0.1) is 0 Å². The molecule has 14 heavy (non-hydrogen) atoms. The highest BCUT2D eigenvalue weighted by Crippen LogP contribution is 2.17. The summed E-state index contributed by atoms with van der Waals surface area (Å²) >= 11 is 0. The highest BCUT2D eigenvalue weighted by atomic mass is 16.6. The van der Waals surface area contributed by atoms with E-state index >= 15 is 0 Å². The molecule has 0 atom stereocenters. The van der Waals surface area contributed by atoms with Crippen molar-refractivity contribution in [2.75, 3.05) is 0 Å². The fourth-order valence-electron chi connectivity index (χ4n) is 0.811. The largest absolute Gasteiger partial charge is 0.592 e. The van der Waals surface area contributed by atoms with E-state index in [0.717, 1.165) is 0 Å². The van der Waals surface area contributed by atoms with Crippen molar-refractivity contribution in [1.29, 1.82) is 0 Å². The summed E-state index contributed by atoms with van der Waals surface area (Å²) in [5, 5.41) is 42.4. The molecule has 1 rings (SSSR count). The first-order chi connectivity index (χ1) is 6.69. The Morgan fingerprint density at radius 2 is 1.14 bits per heavy atom. The molecular weight excluding hydrogens is 192 g/mol. The van der Waals surface area contributed by atoms with E-state index in [0.29, 0.717) is 0 Å². The molecule has 0 fully saturated rings. The Morgan fingerprint density at radius 3 is 1.36 bits per heavy atom. The van der Waals surface area contributed by atoms with Crippen molar-refractivity contribution >= 4 is 11.4 Å². The standard InChI is InChI=1S/C6H6N4O4/c11-7-9(13)5-1-2-6(4-3-5)10(14)8-12/h1-4,11-12H. The number of hydrogen-bond acceptors (Lipinski definition) is 4. The Labute approximate surface area is 77.7 Å². The molecule has 0 aliphatic rings. The lowest BCUT2D eigenvalue weighted by atomic mass is 10.3. The van der Waals surface area contributed by atoms with Gasteiger partial charge in [-0.3, -0.25) is 0 Å².